The summed E-state index contributed by atoms with van der Waals surface area (Å²) in [5.74, 6) is -1.55. The third-order valence-electron chi connectivity index (χ3n) is 2.75. The standard InChI is InChI=1S/C14H19NO3/c1-10-4-3-5-12(8-10)6-7-13(16)15-9-11(2)14(17)18/h3-5,8,11H,6-7,9H2,1-2H3,(H,15,16)(H,17,18). The molecule has 0 spiro atoms. The molecule has 1 rings (SSSR count). The van der Waals surface area contributed by atoms with Gasteiger partial charge in [0.15, 0.2) is 0 Å². The minimum Gasteiger partial charge on any atom is -0.481 e. The number of carbonyl (C=O) groups is 2. The predicted octanol–water partition coefficient (Wildman–Crippen LogP) is 1.76. The molecule has 1 aromatic rings. The molecule has 0 fully saturated rings. The van der Waals surface area contributed by atoms with E-state index in [0.717, 1.165) is 5.56 Å². The summed E-state index contributed by atoms with van der Waals surface area (Å²) >= 11 is 0. The molecule has 1 unspecified atom stereocenters. The maximum atomic E-state index is 11.5. The van der Waals surface area contributed by atoms with E-state index in [1.54, 1.807) is 6.92 Å². The molecular formula is C14H19NO3. The Kier molecular flexibility index (Phi) is 5.36. The zero-order chi connectivity index (χ0) is 13.5. The first-order valence-corrected chi connectivity index (χ1v) is 6.04. The summed E-state index contributed by atoms with van der Waals surface area (Å²) in [5, 5.41) is 11.3. The molecule has 4 nitrogen and oxygen atoms in total. The fourth-order valence-corrected chi connectivity index (χ4v) is 1.57. The van der Waals surface area contributed by atoms with Crippen LogP contribution in [0.15, 0.2) is 24.3 Å². The average Bonchev–Trinajstić information content (AvgIpc) is 2.33. The van der Waals surface area contributed by atoms with E-state index in [1.807, 2.05) is 31.2 Å². The lowest BCUT2D eigenvalue weighted by molar-refractivity contribution is -0.141. The highest BCUT2D eigenvalue weighted by molar-refractivity contribution is 5.77. The molecule has 2 N–H and O–H groups in total. The smallest absolute Gasteiger partial charge is 0.308 e. The molecule has 0 saturated heterocycles. The number of nitrogens with one attached hydrogen (secondary N) is 1. The third-order valence-corrected chi connectivity index (χ3v) is 2.75. The molecule has 0 aliphatic heterocycles. The molecule has 18 heavy (non-hydrogen) atoms. The number of carbonyl (C=O) groups excluding carboxylic acids is 1. The minimum atomic E-state index is -0.894. The van der Waals surface area contributed by atoms with Crippen LogP contribution in [-0.4, -0.2) is 23.5 Å². The first-order chi connectivity index (χ1) is 8.49. The van der Waals surface area contributed by atoms with Crippen LogP contribution < -0.4 is 5.32 Å². The number of carboxylic acids is 1. The lowest BCUT2D eigenvalue weighted by Gasteiger charge is -2.08. The largest absolute Gasteiger partial charge is 0.481 e. The number of amides is 1. The van der Waals surface area contributed by atoms with E-state index in [1.165, 1.54) is 5.56 Å². The fourth-order valence-electron chi connectivity index (χ4n) is 1.57. The molecule has 0 aromatic heterocycles. The van der Waals surface area contributed by atoms with E-state index in [9.17, 15) is 9.59 Å². The van der Waals surface area contributed by atoms with Crippen LogP contribution in [0.5, 0.6) is 0 Å². The summed E-state index contributed by atoms with van der Waals surface area (Å²) < 4.78 is 0. The van der Waals surface area contributed by atoms with Crippen molar-refractivity contribution in [3.05, 3.63) is 35.4 Å². The van der Waals surface area contributed by atoms with Crippen LogP contribution in [0.25, 0.3) is 0 Å². The van der Waals surface area contributed by atoms with Gasteiger partial charge in [0, 0.05) is 13.0 Å². The number of benzene rings is 1. The Morgan fingerprint density at radius 1 is 1.39 bits per heavy atom. The molecule has 0 aliphatic carbocycles. The van der Waals surface area contributed by atoms with Gasteiger partial charge in [-0.05, 0) is 18.9 Å². The van der Waals surface area contributed by atoms with Crippen LogP contribution in [0.4, 0.5) is 0 Å². The van der Waals surface area contributed by atoms with Crippen molar-refractivity contribution >= 4 is 11.9 Å². The second kappa shape index (κ2) is 6.79. The highest BCUT2D eigenvalue weighted by atomic mass is 16.4. The van der Waals surface area contributed by atoms with Crippen molar-refractivity contribution in [3.8, 4) is 0 Å². The highest BCUT2D eigenvalue weighted by Crippen LogP contribution is 2.06. The van der Waals surface area contributed by atoms with Gasteiger partial charge in [0.2, 0.25) is 5.91 Å². The zero-order valence-electron chi connectivity index (χ0n) is 10.8. The number of aryl methyl sites for hydroxylation is 2. The molecule has 1 aromatic carbocycles. The summed E-state index contributed by atoms with van der Waals surface area (Å²) in [4.78, 5) is 22.1. The van der Waals surface area contributed by atoms with Gasteiger partial charge in [-0.1, -0.05) is 36.8 Å². The summed E-state index contributed by atoms with van der Waals surface area (Å²) in [6, 6.07) is 8.01. The Morgan fingerprint density at radius 2 is 2.11 bits per heavy atom. The molecule has 0 radical (unpaired) electrons. The number of aliphatic carboxylic acids is 1. The Hall–Kier alpha value is -1.84. The van der Waals surface area contributed by atoms with Crippen molar-refractivity contribution in [2.75, 3.05) is 6.54 Å². The summed E-state index contributed by atoms with van der Waals surface area (Å²) in [7, 11) is 0. The molecule has 4 heteroatoms. The molecule has 1 atom stereocenters. The summed E-state index contributed by atoms with van der Waals surface area (Å²) in [6.45, 7) is 3.77. The first-order valence-electron chi connectivity index (χ1n) is 6.04. The monoisotopic (exact) mass is 249 g/mol. The summed E-state index contributed by atoms with van der Waals surface area (Å²) in [6.07, 6.45) is 1.06. The molecule has 0 heterocycles. The lowest BCUT2D eigenvalue weighted by atomic mass is 10.1. The van der Waals surface area contributed by atoms with Gasteiger partial charge in [-0.25, -0.2) is 0 Å². The van der Waals surface area contributed by atoms with Crippen molar-refractivity contribution in [1.82, 2.24) is 5.32 Å². The van der Waals surface area contributed by atoms with Crippen LogP contribution in [0.1, 0.15) is 24.5 Å². The second-order valence-corrected chi connectivity index (χ2v) is 4.53. The Balaban J connectivity index is 2.31. The van der Waals surface area contributed by atoms with Crippen LogP contribution in [-0.2, 0) is 16.0 Å². The van der Waals surface area contributed by atoms with Crippen LogP contribution in [0.2, 0.25) is 0 Å². The van der Waals surface area contributed by atoms with E-state index < -0.39 is 11.9 Å². The van der Waals surface area contributed by atoms with E-state index in [-0.39, 0.29) is 12.5 Å². The molecule has 98 valence electrons. The molecule has 1 amide bonds. The first kappa shape index (κ1) is 14.2. The number of hydrogen-bond acceptors (Lipinski definition) is 2. The number of rotatable bonds is 6. The second-order valence-electron chi connectivity index (χ2n) is 4.53. The Labute approximate surface area is 107 Å². The Bertz CT molecular complexity index is 429. The van der Waals surface area contributed by atoms with Gasteiger partial charge in [-0.3, -0.25) is 9.59 Å². The molecular weight excluding hydrogens is 230 g/mol. The third kappa shape index (κ3) is 4.99. The molecule has 0 bridgehead atoms. The highest BCUT2D eigenvalue weighted by Gasteiger charge is 2.11. The van der Waals surface area contributed by atoms with Crippen molar-refractivity contribution in [2.45, 2.75) is 26.7 Å². The topological polar surface area (TPSA) is 66.4 Å². The Morgan fingerprint density at radius 3 is 2.72 bits per heavy atom. The maximum absolute atomic E-state index is 11.5. The minimum absolute atomic E-state index is 0.107. The normalized spacial score (nSPS) is 11.9. The van der Waals surface area contributed by atoms with Gasteiger partial charge in [-0.15, -0.1) is 0 Å². The van der Waals surface area contributed by atoms with Crippen LogP contribution in [0, 0.1) is 12.8 Å². The van der Waals surface area contributed by atoms with Crippen LogP contribution >= 0.6 is 0 Å². The van der Waals surface area contributed by atoms with E-state index in [2.05, 4.69) is 5.32 Å². The van der Waals surface area contributed by atoms with Gasteiger partial charge in [0.05, 0.1) is 5.92 Å². The van der Waals surface area contributed by atoms with E-state index in [0.29, 0.717) is 12.8 Å². The lowest BCUT2D eigenvalue weighted by Crippen LogP contribution is -2.31. The van der Waals surface area contributed by atoms with E-state index >= 15 is 0 Å². The molecule has 0 aliphatic rings. The van der Waals surface area contributed by atoms with Gasteiger partial charge >= 0.3 is 5.97 Å². The number of hydrogen-bond donors (Lipinski definition) is 2. The SMILES string of the molecule is Cc1cccc(CCC(=O)NCC(C)C(=O)O)c1. The molecule has 0 saturated carbocycles. The van der Waals surface area contributed by atoms with Crippen LogP contribution in [0.3, 0.4) is 0 Å². The van der Waals surface area contributed by atoms with Crippen molar-refractivity contribution in [1.29, 1.82) is 0 Å². The van der Waals surface area contributed by atoms with E-state index in [4.69, 9.17) is 5.11 Å². The van der Waals surface area contributed by atoms with Crippen molar-refractivity contribution < 1.29 is 14.7 Å². The fraction of sp³-hybridized carbons (Fsp3) is 0.429. The van der Waals surface area contributed by atoms with Gasteiger partial charge in [-0.2, -0.15) is 0 Å². The summed E-state index contributed by atoms with van der Waals surface area (Å²) in [5.41, 5.74) is 2.30. The quantitative estimate of drug-likeness (QED) is 0.807. The van der Waals surface area contributed by atoms with Gasteiger partial charge < -0.3 is 10.4 Å². The zero-order valence-corrected chi connectivity index (χ0v) is 10.8. The van der Waals surface area contributed by atoms with Crippen molar-refractivity contribution in [3.63, 3.8) is 0 Å². The average molecular weight is 249 g/mol. The van der Waals surface area contributed by atoms with Gasteiger partial charge in [0.1, 0.15) is 0 Å². The van der Waals surface area contributed by atoms with Crippen molar-refractivity contribution in [2.24, 2.45) is 5.92 Å². The predicted molar refractivity (Wildman–Crippen MR) is 69.3 cm³/mol. The maximum Gasteiger partial charge on any atom is 0.308 e. The van der Waals surface area contributed by atoms with Gasteiger partial charge in [0.25, 0.3) is 0 Å². The number of carboxylic acid groups (broad SMARTS) is 1.